The van der Waals surface area contributed by atoms with Crippen molar-refractivity contribution in [1.29, 1.82) is 0 Å². The molecule has 1 unspecified atom stereocenters. The van der Waals surface area contributed by atoms with Gasteiger partial charge in [-0.15, -0.1) is 0 Å². The van der Waals surface area contributed by atoms with Crippen molar-refractivity contribution in [3.63, 3.8) is 0 Å². The van der Waals surface area contributed by atoms with Crippen LogP contribution in [0.5, 0.6) is 5.75 Å². The quantitative estimate of drug-likeness (QED) is 0.779. The summed E-state index contributed by atoms with van der Waals surface area (Å²) in [7, 11) is 1.61. The monoisotopic (exact) mass is 357 g/mol. The molecule has 1 atom stereocenters. The van der Waals surface area contributed by atoms with Gasteiger partial charge in [-0.3, -0.25) is 14.3 Å². The first-order chi connectivity index (χ1) is 12.6. The molecule has 8 nitrogen and oxygen atoms in total. The maximum atomic E-state index is 12.7. The number of carbonyl (C=O) groups is 2. The van der Waals surface area contributed by atoms with E-state index in [2.05, 4.69) is 10.1 Å². The van der Waals surface area contributed by atoms with Crippen molar-refractivity contribution in [2.45, 2.75) is 32.4 Å². The van der Waals surface area contributed by atoms with Crippen molar-refractivity contribution in [2.75, 3.05) is 25.1 Å². The van der Waals surface area contributed by atoms with Crippen LogP contribution in [0.2, 0.25) is 0 Å². The largest absolute Gasteiger partial charge is 0.497 e. The van der Waals surface area contributed by atoms with Gasteiger partial charge in [-0.1, -0.05) is 0 Å². The molecule has 8 heteroatoms. The zero-order chi connectivity index (χ0) is 18.5. The van der Waals surface area contributed by atoms with Gasteiger partial charge in [-0.25, -0.2) is 4.98 Å². The first kappa shape index (κ1) is 17.9. The van der Waals surface area contributed by atoms with E-state index in [1.54, 1.807) is 34.8 Å². The Hall–Kier alpha value is -2.90. The molecule has 2 heterocycles. The number of carbonyl (C=O) groups excluding carboxylic acids is 2. The minimum absolute atomic E-state index is 0.000321. The van der Waals surface area contributed by atoms with E-state index >= 15 is 0 Å². The number of rotatable bonds is 6. The Morgan fingerprint density at radius 1 is 1.27 bits per heavy atom. The Bertz CT molecular complexity index is 745. The fourth-order valence-corrected chi connectivity index (χ4v) is 3.11. The first-order valence-corrected chi connectivity index (χ1v) is 8.67. The molecule has 2 amide bonds. The van der Waals surface area contributed by atoms with Crippen LogP contribution in [-0.4, -0.2) is 57.7 Å². The van der Waals surface area contributed by atoms with E-state index in [0.29, 0.717) is 32.5 Å². The van der Waals surface area contributed by atoms with Gasteiger partial charge in [0.1, 0.15) is 24.4 Å². The molecule has 1 saturated heterocycles. The second-order valence-electron chi connectivity index (χ2n) is 6.21. The molecule has 1 aliphatic heterocycles. The normalized spacial score (nSPS) is 17.5. The number of aryl methyl sites for hydroxylation is 1. The molecule has 0 N–H and O–H groups in total. The van der Waals surface area contributed by atoms with E-state index in [0.717, 1.165) is 11.4 Å². The van der Waals surface area contributed by atoms with Crippen molar-refractivity contribution in [2.24, 2.45) is 0 Å². The van der Waals surface area contributed by atoms with Crippen LogP contribution in [0.4, 0.5) is 5.69 Å². The summed E-state index contributed by atoms with van der Waals surface area (Å²) >= 11 is 0. The fourth-order valence-electron chi connectivity index (χ4n) is 3.11. The summed E-state index contributed by atoms with van der Waals surface area (Å²) < 4.78 is 6.85. The molecular weight excluding hydrogens is 334 g/mol. The molecule has 0 spiro atoms. The van der Waals surface area contributed by atoms with E-state index in [-0.39, 0.29) is 11.8 Å². The lowest BCUT2D eigenvalue weighted by Gasteiger charge is -2.39. The average Bonchev–Trinajstić information content (AvgIpc) is 3.17. The second-order valence-corrected chi connectivity index (χ2v) is 6.21. The van der Waals surface area contributed by atoms with Gasteiger partial charge in [0.2, 0.25) is 11.8 Å². The number of amides is 2. The average molecular weight is 357 g/mol. The van der Waals surface area contributed by atoms with Gasteiger partial charge in [0.15, 0.2) is 0 Å². The Labute approximate surface area is 152 Å². The van der Waals surface area contributed by atoms with Gasteiger partial charge in [-0.2, -0.15) is 5.10 Å². The number of anilines is 1. The molecule has 0 radical (unpaired) electrons. The van der Waals surface area contributed by atoms with Crippen molar-refractivity contribution in [3.8, 4) is 5.75 Å². The number of methoxy groups -OCH3 is 1. The summed E-state index contributed by atoms with van der Waals surface area (Å²) in [5.74, 6) is 0.682. The lowest BCUT2D eigenvalue weighted by Crippen LogP contribution is -2.57. The van der Waals surface area contributed by atoms with Gasteiger partial charge in [0.05, 0.1) is 7.11 Å². The van der Waals surface area contributed by atoms with Gasteiger partial charge >= 0.3 is 0 Å². The number of benzene rings is 1. The lowest BCUT2D eigenvalue weighted by atomic mass is 10.1. The predicted molar refractivity (Wildman–Crippen MR) is 95.8 cm³/mol. The van der Waals surface area contributed by atoms with Crippen molar-refractivity contribution >= 4 is 17.5 Å². The molecule has 0 saturated carbocycles. The van der Waals surface area contributed by atoms with Crippen molar-refractivity contribution in [3.05, 3.63) is 36.9 Å². The first-order valence-electron chi connectivity index (χ1n) is 8.67. The lowest BCUT2D eigenvalue weighted by molar-refractivity contribution is -0.140. The minimum atomic E-state index is -0.468. The van der Waals surface area contributed by atoms with Crippen LogP contribution in [0.1, 0.15) is 19.8 Å². The second kappa shape index (κ2) is 7.99. The number of nitrogens with zero attached hydrogens (tertiary/aromatic N) is 5. The molecule has 2 aromatic rings. The molecule has 0 bridgehead atoms. The molecule has 1 aliphatic rings. The van der Waals surface area contributed by atoms with E-state index in [1.807, 2.05) is 24.3 Å². The Morgan fingerprint density at radius 3 is 2.69 bits per heavy atom. The Kier molecular flexibility index (Phi) is 5.50. The highest BCUT2D eigenvalue weighted by Gasteiger charge is 2.34. The molecule has 3 rings (SSSR count). The summed E-state index contributed by atoms with van der Waals surface area (Å²) in [5, 5.41) is 4.02. The van der Waals surface area contributed by atoms with E-state index < -0.39 is 6.04 Å². The number of aromatic nitrogens is 3. The van der Waals surface area contributed by atoms with Crippen LogP contribution in [0.3, 0.4) is 0 Å². The van der Waals surface area contributed by atoms with Crippen LogP contribution in [0.15, 0.2) is 36.9 Å². The van der Waals surface area contributed by atoms with Gasteiger partial charge in [0, 0.05) is 31.7 Å². The van der Waals surface area contributed by atoms with Gasteiger partial charge in [0.25, 0.3) is 0 Å². The molecule has 0 aliphatic carbocycles. The molecular formula is C18H23N5O3. The molecule has 1 aromatic heterocycles. The van der Waals surface area contributed by atoms with Crippen LogP contribution in [0.25, 0.3) is 0 Å². The van der Waals surface area contributed by atoms with E-state index in [1.165, 1.54) is 6.33 Å². The summed E-state index contributed by atoms with van der Waals surface area (Å²) in [5.41, 5.74) is 0.820. The smallest absolute Gasteiger partial charge is 0.249 e. The summed E-state index contributed by atoms with van der Waals surface area (Å²) in [6.45, 7) is 3.44. The number of ether oxygens (including phenoxy) is 1. The molecule has 26 heavy (non-hydrogen) atoms. The highest BCUT2D eigenvalue weighted by Crippen LogP contribution is 2.23. The van der Waals surface area contributed by atoms with E-state index in [4.69, 9.17) is 4.74 Å². The SMILES string of the molecule is COc1ccc(N2CCN(C(=O)CCCn3cncn3)C(C)C2=O)cc1. The minimum Gasteiger partial charge on any atom is -0.497 e. The number of hydrogen-bond acceptors (Lipinski definition) is 5. The molecule has 138 valence electrons. The Morgan fingerprint density at radius 2 is 2.04 bits per heavy atom. The molecule has 1 fully saturated rings. The topological polar surface area (TPSA) is 80.6 Å². The van der Waals surface area contributed by atoms with Gasteiger partial charge < -0.3 is 14.5 Å². The fraction of sp³-hybridized carbons (Fsp3) is 0.444. The highest BCUT2D eigenvalue weighted by atomic mass is 16.5. The third kappa shape index (κ3) is 3.84. The number of hydrogen-bond donors (Lipinski definition) is 0. The van der Waals surface area contributed by atoms with Crippen molar-refractivity contribution < 1.29 is 14.3 Å². The van der Waals surface area contributed by atoms with Crippen LogP contribution in [0, 0.1) is 0 Å². The zero-order valence-electron chi connectivity index (χ0n) is 15.0. The summed E-state index contributed by atoms with van der Waals surface area (Å²) in [6.07, 6.45) is 4.16. The maximum absolute atomic E-state index is 12.7. The third-order valence-corrected chi connectivity index (χ3v) is 4.60. The predicted octanol–water partition coefficient (Wildman–Crippen LogP) is 1.33. The zero-order valence-corrected chi connectivity index (χ0v) is 15.0. The van der Waals surface area contributed by atoms with Crippen molar-refractivity contribution in [1.82, 2.24) is 19.7 Å². The highest BCUT2D eigenvalue weighted by molar-refractivity contribution is 6.00. The van der Waals surface area contributed by atoms with Crippen LogP contribution in [-0.2, 0) is 16.1 Å². The van der Waals surface area contributed by atoms with Crippen LogP contribution < -0.4 is 9.64 Å². The van der Waals surface area contributed by atoms with Gasteiger partial charge in [-0.05, 0) is 37.6 Å². The number of piperazine rings is 1. The van der Waals surface area contributed by atoms with E-state index in [9.17, 15) is 9.59 Å². The summed E-state index contributed by atoms with van der Waals surface area (Å²) in [6, 6.07) is 6.91. The van der Waals surface area contributed by atoms with Crippen LogP contribution >= 0.6 is 0 Å². The third-order valence-electron chi connectivity index (χ3n) is 4.60. The maximum Gasteiger partial charge on any atom is 0.249 e. The standard InChI is InChI=1S/C18H23N5O3/c1-14-18(25)23(15-5-7-16(26-2)8-6-15)11-10-22(14)17(24)4-3-9-21-13-19-12-20-21/h5-8,12-14H,3-4,9-11H2,1-2H3. The Balaban J connectivity index is 1.56. The summed E-state index contributed by atoms with van der Waals surface area (Å²) in [4.78, 5) is 32.5. The molecule has 1 aromatic carbocycles.